The van der Waals surface area contributed by atoms with Crippen LogP contribution < -0.4 is 10.1 Å². The number of methoxy groups -OCH3 is 1. The zero-order valence-corrected chi connectivity index (χ0v) is 14.0. The molecule has 6 nitrogen and oxygen atoms in total. The van der Waals surface area contributed by atoms with E-state index >= 15 is 0 Å². The van der Waals surface area contributed by atoms with Crippen molar-refractivity contribution < 1.29 is 19.1 Å². The molecule has 0 aromatic heterocycles. The lowest BCUT2D eigenvalue weighted by Crippen LogP contribution is -2.32. The molecule has 0 fully saturated rings. The van der Waals surface area contributed by atoms with Gasteiger partial charge in [0, 0.05) is 24.7 Å². The largest absolute Gasteiger partial charge is 0.497 e. The molecule has 1 aliphatic heterocycles. The van der Waals surface area contributed by atoms with Crippen LogP contribution in [-0.4, -0.2) is 36.3 Å². The maximum Gasteiger partial charge on any atom is 0.261 e. The second-order valence-corrected chi connectivity index (χ2v) is 5.84. The van der Waals surface area contributed by atoms with Crippen LogP contribution in [0.1, 0.15) is 32.7 Å². The van der Waals surface area contributed by atoms with Gasteiger partial charge in [-0.05, 0) is 31.2 Å². The smallest absolute Gasteiger partial charge is 0.261 e. The van der Waals surface area contributed by atoms with E-state index in [2.05, 4.69) is 5.32 Å². The molecule has 3 amide bonds. The van der Waals surface area contributed by atoms with E-state index in [-0.39, 0.29) is 30.7 Å². The predicted octanol–water partition coefficient (Wildman–Crippen LogP) is 2.63. The molecule has 0 radical (unpaired) electrons. The number of hydrogen-bond donors (Lipinski definition) is 1. The monoisotopic (exact) mass is 338 g/mol. The van der Waals surface area contributed by atoms with Crippen LogP contribution in [0.4, 0.5) is 5.69 Å². The standard InChI is InChI=1S/C19H18N2O4/c1-12-6-7-15-16(10-12)19(24)21(18(15)23)9-8-17(22)20-13-4-3-5-14(11-13)25-2/h3-7,10-11H,8-9H2,1-2H3,(H,20,22). The number of nitrogens with zero attached hydrogens (tertiary/aromatic N) is 1. The SMILES string of the molecule is COc1cccc(NC(=O)CCN2C(=O)c3ccc(C)cc3C2=O)c1. The Hall–Kier alpha value is -3.15. The molecule has 128 valence electrons. The number of rotatable bonds is 5. The van der Waals surface area contributed by atoms with Gasteiger partial charge >= 0.3 is 0 Å². The molecule has 2 aromatic rings. The van der Waals surface area contributed by atoms with E-state index < -0.39 is 0 Å². The van der Waals surface area contributed by atoms with Crippen molar-refractivity contribution in [2.45, 2.75) is 13.3 Å². The number of ether oxygens (including phenoxy) is 1. The fourth-order valence-corrected chi connectivity index (χ4v) is 2.75. The molecule has 0 spiro atoms. The Morgan fingerprint density at radius 3 is 2.60 bits per heavy atom. The van der Waals surface area contributed by atoms with Gasteiger partial charge in [0.05, 0.1) is 18.2 Å². The molecule has 0 unspecified atom stereocenters. The first-order valence-corrected chi connectivity index (χ1v) is 7.90. The highest BCUT2D eigenvalue weighted by Gasteiger charge is 2.35. The number of carbonyl (C=O) groups is 3. The van der Waals surface area contributed by atoms with Gasteiger partial charge in [0.1, 0.15) is 5.75 Å². The summed E-state index contributed by atoms with van der Waals surface area (Å²) in [4.78, 5) is 37.9. The average molecular weight is 338 g/mol. The van der Waals surface area contributed by atoms with Crippen molar-refractivity contribution in [3.05, 3.63) is 59.2 Å². The maximum absolute atomic E-state index is 12.4. The molecule has 1 aliphatic rings. The summed E-state index contributed by atoms with van der Waals surface area (Å²) in [5, 5.41) is 2.73. The van der Waals surface area contributed by atoms with Gasteiger partial charge in [-0.15, -0.1) is 0 Å². The molecule has 1 heterocycles. The molecule has 0 saturated heterocycles. The topological polar surface area (TPSA) is 75.7 Å². The number of amides is 3. The Morgan fingerprint density at radius 1 is 1.08 bits per heavy atom. The van der Waals surface area contributed by atoms with Crippen LogP contribution in [-0.2, 0) is 4.79 Å². The Morgan fingerprint density at radius 2 is 1.84 bits per heavy atom. The lowest BCUT2D eigenvalue weighted by atomic mass is 10.1. The molecule has 0 atom stereocenters. The van der Waals surface area contributed by atoms with E-state index in [0.29, 0.717) is 22.6 Å². The van der Waals surface area contributed by atoms with Gasteiger partial charge < -0.3 is 10.1 Å². The van der Waals surface area contributed by atoms with Gasteiger partial charge in [0.2, 0.25) is 5.91 Å². The molecular weight excluding hydrogens is 320 g/mol. The number of benzene rings is 2. The second kappa shape index (κ2) is 6.76. The number of carbonyl (C=O) groups excluding carboxylic acids is 3. The van der Waals surface area contributed by atoms with Crippen molar-refractivity contribution in [1.29, 1.82) is 0 Å². The summed E-state index contributed by atoms with van der Waals surface area (Å²) in [6, 6.07) is 12.1. The van der Waals surface area contributed by atoms with Gasteiger partial charge in [-0.1, -0.05) is 17.7 Å². The highest BCUT2D eigenvalue weighted by molar-refractivity contribution is 6.21. The molecule has 0 bridgehead atoms. The molecule has 1 N–H and O–H groups in total. The summed E-state index contributed by atoms with van der Waals surface area (Å²) >= 11 is 0. The molecule has 0 saturated carbocycles. The minimum atomic E-state index is -0.353. The van der Waals surface area contributed by atoms with Crippen LogP contribution in [0.2, 0.25) is 0 Å². The first-order valence-electron chi connectivity index (χ1n) is 7.90. The fraction of sp³-hybridized carbons (Fsp3) is 0.211. The molecule has 0 aliphatic carbocycles. The van der Waals surface area contributed by atoms with E-state index in [0.717, 1.165) is 10.5 Å². The molecular formula is C19H18N2O4. The maximum atomic E-state index is 12.4. The number of aryl methyl sites for hydroxylation is 1. The van der Waals surface area contributed by atoms with E-state index in [1.807, 2.05) is 6.92 Å². The Balaban J connectivity index is 1.63. The van der Waals surface area contributed by atoms with Gasteiger partial charge in [0.15, 0.2) is 0 Å². The van der Waals surface area contributed by atoms with Crippen molar-refractivity contribution in [3.63, 3.8) is 0 Å². The number of hydrogen-bond acceptors (Lipinski definition) is 4. The Bertz CT molecular complexity index is 860. The van der Waals surface area contributed by atoms with E-state index in [9.17, 15) is 14.4 Å². The Labute approximate surface area is 145 Å². The third kappa shape index (κ3) is 3.38. The number of nitrogens with one attached hydrogen (secondary N) is 1. The molecule has 25 heavy (non-hydrogen) atoms. The first-order chi connectivity index (χ1) is 12.0. The van der Waals surface area contributed by atoms with Crippen LogP contribution in [0.5, 0.6) is 5.75 Å². The van der Waals surface area contributed by atoms with Crippen LogP contribution in [0, 0.1) is 6.92 Å². The minimum absolute atomic E-state index is 0.0294. The summed E-state index contributed by atoms with van der Waals surface area (Å²) < 4.78 is 5.10. The van der Waals surface area contributed by atoms with Gasteiger partial charge in [-0.25, -0.2) is 0 Å². The van der Waals surface area contributed by atoms with Crippen LogP contribution >= 0.6 is 0 Å². The number of fused-ring (bicyclic) bond motifs is 1. The van der Waals surface area contributed by atoms with Crippen LogP contribution in [0.25, 0.3) is 0 Å². The normalized spacial score (nSPS) is 13.0. The average Bonchev–Trinajstić information content (AvgIpc) is 2.83. The minimum Gasteiger partial charge on any atom is -0.497 e. The third-order valence-corrected chi connectivity index (χ3v) is 4.04. The highest BCUT2D eigenvalue weighted by Crippen LogP contribution is 2.24. The summed E-state index contributed by atoms with van der Waals surface area (Å²) in [5.74, 6) is -0.346. The second-order valence-electron chi connectivity index (χ2n) is 5.84. The van der Waals surface area contributed by atoms with Crippen molar-refractivity contribution in [2.24, 2.45) is 0 Å². The predicted molar refractivity (Wildman–Crippen MR) is 92.8 cm³/mol. The van der Waals surface area contributed by atoms with Crippen molar-refractivity contribution in [3.8, 4) is 5.75 Å². The highest BCUT2D eigenvalue weighted by atomic mass is 16.5. The van der Waals surface area contributed by atoms with Crippen molar-refractivity contribution in [1.82, 2.24) is 4.90 Å². The zero-order valence-electron chi connectivity index (χ0n) is 14.0. The molecule has 3 rings (SSSR count). The summed E-state index contributed by atoms with van der Waals surface area (Å²) in [5.41, 5.74) is 2.31. The van der Waals surface area contributed by atoms with E-state index in [1.54, 1.807) is 49.6 Å². The fourth-order valence-electron chi connectivity index (χ4n) is 2.75. The van der Waals surface area contributed by atoms with Gasteiger partial charge in [0.25, 0.3) is 11.8 Å². The lowest BCUT2D eigenvalue weighted by molar-refractivity contribution is -0.116. The lowest BCUT2D eigenvalue weighted by Gasteiger charge is -2.13. The zero-order chi connectivity index (χ0) is 18.0. The Kier molecular flexibility index (Phi) is 4.52. The van der Waals surface area contributed by atoms with Crippen LogP contribution in [0.3, 0.4) is 0 Å². The first kappa shape index (κ1) is 16.7. The molecule has 6 heteroatoms. The summed E-state index contributed by atoms with van der Waals surface area (Å²) in [6.07, 6.45) is 0.0294. The number of imide groups is 1. The van der Waals surface area contributed by atoms with Crippen LogP contribution in [0.15, 0.2) is 42.5 Å². The van der Waals surface area contributed by atoms with Gasteiger partial charge in [-0.3, -0.25) is 19.3 Å². The van der Waals surface area contributed by atoms with Crippen molar-refractivity contribution >= 4 is 23.4 Å². The van der Waals surface area contributed by atoms with Gasteiger partial charge in [-0.2, -0.15) is 0 Å². The van der Waals surface area contributed by atoms with E-state index in [4.69, 9.17) is 4.74 Å². The van der Waals surface area contributed by atoms with Crippen molar-refractivity contribution in [2.75, 3.05) is 19.0 Å². The van der Waals surface area contributed by atoms with E-state index in [1.165, 1.54) is 0 Å². The quantitative estimate of drug-likeness (QED) is 0.851. The third-order valence-electron chi connectivity index (χ3n) is 4.04. The summed E-state index contributed by atoms with van der Waals surface area (Å²) in [7, 11) is 1.55. The number of anilines is 1. The summed E-state index contributed by atoms with van der Waals surface area (Å²) in [6.45, 7) is 1.91. The molecule has 2 aromatic carbocycles.